The van der Waals surface area contributed by atoms with Gasteiger partial charge in [0.2, 0.25) is 5.91 Å². The SMILES string of the molecule is NC(=O)C(CSc1nc2ccccc2o1)NC1CC1. The van der Waals surface area contributed by atoms with E-state index in [4.69, 9.17) is 10.2 Å². The molecule has 6 heteroatoms. The number of fused-ring (bicyclic) bond motifs is 1. The number of carbonyl (C=O) groups is 1. The fraction of sp³-hybridized carbons (Fsp3) is 0.385. The van der Waals surface area contributed by atoms with E-state index in [1.54, 1.807) is 0 Å². The maximum absolute atomic E-state index is 11.4. The minimum Gasteiger partial charge on any atom is -0.431 e. The van der Waals surface area contributed by atoms with Crippen LogP contribution in [0, 0.1) is 0 Å². The molecule has 3 N–H and O–H groups in total. The Morgan fingerprint density at radius 1 is 1.53 bits per heavy atom. The van der Waals surface area contributed by atoms with Crippen molar-refractivity contribution in [2.75, 3.05) is 5.75 Å². The Kier molecular flexibility index (Phi) is 3.44. The lowest BCUT2D eigenvalue weighted by Gasteiger charge is -2.12. The molecule has 1 saturated carbocycles. The highest BCUT2D eigenvalue weighted by Gasteiger charge is 2.27. The quantitative estimate of drug-likeness (QED) is 0.783. The van der Waals surface area contributed by atoms with Gasteiger partial charge in [-0.15, -0.1) is 0 Å². The van der Waals surface area contributed by atoms with E-state index in [9.17, 15) is 4.79 Å². The van der Waals surface area contributed by atoms with Gasteiger partial charge in [0.25, 0.3) is 5.22 Å². The summed E-state index contributed by atoms with van der Waals surface area (Å²) in [6.07, 6.45) is 2.24. The van der Waals surface area contributed by atoms with Crippen LogP contribution < -0.4 is 11.1 Å². The third-order valence-electron chi connectivity index (χ3n) is 3.01. The summed E-state index contributed by atoms with van der Waals surface area (Å²) in [6, 6.07) is 7.72. The van der Waals surface area contributed by atoms with Crippen molar-refractivity contribution in [3.05, 3.63) is 24.3 Å². The van der Waals surface area contributed by atoms with Crippen molar-refractivity contribution < 1.29 is 9.21 Å². The lowest BCUT2D eigenvalue weighted by Crippen LogP contribution is -2.44. The zero-order valence-corrected chi connectivity index (χ0v) is 11.2. The fourth-order valence-corrected chi connectivity index (χ4v) is 2.70. The van der Waals surface area contributed by atoms with E-state index < -0.39 is 0 Å². The summed E-state index contributed by atoms with van der Waals surface area (Å²) in [6.45, 7) is 0. The van der Waals surface area contributed by atoms with E-state index in [0.29, 0.717) is 17.0 Å². The lowest BCUT2D eigenvalue weighted by molar-refractivity contribution is -0.119. The average Bonchev–Trinajstić information content (AvgIpc) is 3.11. The van der Waals surface area contributed by atoms with Crippen LogP contribution in [0.15, 0.2) is 33.9 Å². The molecule has 1 unspecified atom stereocenters. The zero-order chi connectivity index (χ0) is 13.2. The van der Waals surface area contributed by atoms with Crippen LogP contribution >= 0.6 is 11.8 Å². The number of nitrogens with two attached hydrogens (primary N) is 1. The number of primary amides is 1. The molecular formula is C13H15N3O2S. The Morgan fingerprint density at radius 3 is 3.00 bits per heavy atom. The molecule has 1 heterocycles. The first-order chi connectivity index (χ1) is 9.22. The smallest absolute Gasteiger partial charge is 0.256 e. The van der Waals surface area contributed by atoms with Gasteiger partial charge in [0.15, 0.2) is 5.58 Å². The number of thioether (sulfide) groups is 1. The average molecular weight is 277 g/mol. The number of oxazole rings is 1. The summed E-state index contributed by atoms with van der Waals surface area (Å²) >= 11 is 1.41. The number of amides is 1. The van der Waals surface area contributed by atoms with Crippen LogP contribution in [0.3, 0.4) is 0 Å². The van der Waals surface area contributed by atoms with Crippen molar-refractivity contribution in [1.29, 1.82) is 0 Å². The number of aromatic nitrogens is 1. The molecule has 0 spiro atoms. The van der Waals surface area contributed by atoms with Crippen molar-refractivity contribution in [2.24, 2.45) is 5.73 Å². The molecule has 5 nitrogen and oxygen atoms in total. The first kappa shape index (κ1) is 12.5. The third-order valence-corrected chi connectivity index (χ3v) is 3.93. The number of benzene rings is 1. The predicted molar refractivity (Wildman–Crippen MR) is 73.9 cm³/mol. The summed E-state index contributed by atoms with van der Waals surface area (Å²) in [5.41, 5.74) is 6.98. The molecule has 1 aliphatic rings. The summed E-state index contributed by atoms with van der Waals surface area (Å²) < 4.78 is 5.59. The van der Waals surface area contributed by atoms with E-state index in [1.807, 2.05) is 24.3 Å². The predicted octanol–water partition coefficient (Wildman–Crippen LogP) is 1.53. The second-order valence-electron chi connectivity index (χ2n) is 4.65. The highest BCUT2D eigenvalue weighted by Crippen LogP contribution is 2.25. The molecule has 1 atom stereocenters. The zero-order valence-electron chi connectivity index (χ0n) is 10.3. The Bertz CT molecular complexity index is 561. The van der Waals surface area contributed by atoms with Gasteiger partial charge in [0.05, 0.1) is 6.04 Å². The Morgan fingerprint density at radius 2 is 2.32 bits per heavy atom. The Hall–Kier alpha value is -1.53. The molecule has 0 saturated heterocycles. The van der Waals surface area contributed by atoms with Crippen LogP contribution in [0.5, 0.6) is 0 Å². The van der Waals surface area contributed by atoms with Gasteiger partial charge in [-0.1, -0.05) is 23.9 Å². The second-order valence-corrected chi connectivity index (χ2v) is 5.63. The number of para-hydroxylation sites is 2. The minimum absolute atomic E-state index is 0.324. The van der Waals surface area contributed by atoms with E-state index in [1.165, 1.54) is 11.8 Å². The number of nitrogens with one attached hydrogen (secondary N) is 1. The highest BCUT2D eigenvalue weighted by molar-refractivity contribution is 7.99. The van der Waals surface area contributed by atoms with Crippen LogP contribution in [0.2, 0.25) is 0 Å². The van der Waals surface area contributed by atoms with Gasteiger partial charge in [-0.25, -0.2) is 4.98 Å². The number of hydrogen-bond acceptors (Lipinski definition) is 5. The molecule has 100 valence electrons. The van der Waals surface area contributed by atoms with Gasteiger partial charge in [-0.3, -0.25) is 4.79 Å². The Labute approximate surface area is 114 Å². The third kappa shape index (κ3) is 3.08. The van der Waals surface area contributed by atoms with Crippen molar-refractivity contribution in [2.45, 2.75) is 30.1 Å². The van der Waals surface area contributed by atoms with Crippen LogP contribution in [0.25, 0.3) is 11.1 Å². The number of hydrogen-bond donors (Lipinski definition) is 2. The van der Waals surface area contributed by atoms with Gasteiger partial charge in [0, 0.05) is 11.8 Å². The maximum atomic E-state index is 11.4. The van der Waals surface area contributed by atoms with Gasteiger partial charge >= 0.3 is 0 Å². The summed E-state index contributed by atoms with van der Waals surface area (Å²) in [4.78, 5) is 15.7. The Balaban J connectivity index is 1.64. The molecule has 1 aromatic heterocycles. The number of carbonyl (C=O) groups excluding carboxylic acids is 1. The van der Waals surface area contributed by atoms with Crippen LogP contribution in [0.1, 0.15) is 12.8 Å². The summed E-state index contributed by atoms with van der Waals surface area (Å²) in [7, 11) is 0. The standard InChI is InChI=1S/C13H15N3O2S/c14-12(17)10(15-8-5-6-8)7-19-13-16-9-3-1-2-4-11(9)18-13/h1-4,8,10,15H,5-7H2,(H2,14,17). The van der Waals surface area contributed by atoms with Crippen molar-refractivity contribution in [3.8, 4) is 0 Å². The molecule has 1 fully saturated rings. The molecule has 1 aliphatic carbocycles. The molecule has 3 rings (SSSR count). The van der Waals surface area contributed by atoms with Crippen molar-refractivity contribution in [3.63, 3.8) is 0 Å². The first-order valence-electron chi connectivity index (χ1n) is 6.26. The van der Waals surface area contributed by atoms with E-state index >= 15 is 0 Å². The summed E-state index contributed by atoms with van der Waals surface area (Å²) in [5.74, 6) is 0.217. The molecule has 0 radical (unpaired) electrons. The maximum Gasteiger partial charge on any atom is 0.256 e. The van der Waals surface area contributed by atoms with E-state index in [2.05, 4.69) is 10.3 Å². The molecule has 2 aromatic rings. The topological polar surface area (TPSA) is 81.2 Å². The van der Waals surface area contributed by atoms with E-state index in [-0.39, 0.29) is 11.9 Å². The van der Waals surface area contributed by atoms with Crippen LogP contribution in [-0.4, -0.2) is 28.7 Å². The highest BCUT2D eigenvalue weighted by atomic mass is 32.2. The largest absolute Gasteiger partial charge is 0.431 e. The molecule has 0 aliphatic heterocycles. The first-order valence-corrected chi connectivity index (χ1v) is 7.24. The monoisotopic (exact) mass is 277 g/mol. The normalized spacial score (nSPS) is 16.6. The van der Waals surface area contributed by atoms with Gasteiger partial charge in [0.1, 0.15) is 5.52 Å². The van der Waals surface area contributed by atoms with Gasteiger partial charge in [-0.2, -0.15) is 0 Å². The number of nitrogens with zero attached hydrogens (tertiary/aromatic N) is 1. The van der Waals surface area contributed by atoms with Crippen LogP contribution in [0.4, 0.5) is 0 Å². The van der Waals surface area contributed by atoms with Gasteiger partial charge in [-0.05, 0) is 25.0 Å². The molecule has 1 amide bonds. The van der Waals surface area contributed by atoms with Crippen molar-refractivity contribution in [1.82, 2.24) is 10.3 Å². The van der Waals surface area contributed by atoms with Crippen molar-refractivity contribution >= 4 is 28.8 Å². The summed E-state index contributed by atoms with van der Waals surface area (Å²) in [5, 5.41) is 3.80. The van der Waals surface area contributed by atoms with Crippen LogP contribution in [-0.2, 0) is 4.79 Å². The van der Waals surface area contributed by atoms with Gasteiger partial charge < -0.3 is 15.5 Å². The molecule has 0 bridgehead atoms. The van der Waals surface area contributed by atoms with E-state index in [0.717, 1.165) is 23.9 Å². The fourth-order valence-electron chi connectivity index (χ4n) is 1.81. The molecule has 1 aromatic carbocycles. The molecular weight excluding hydrogens is 262 g/mol. The number of rotatable bonds is 6. The second kappa shape index (κ2) is 5.22. The minimum atomic E-state index is -0.326. The molecule has 19 heavy (non-hydrogen) atoms. The lowest BCUT2D eigenvalue weighted by atomic mass is 10.3.